The lowest BCUT2D eigenvalue weighted by molar-refractivity contribution is 0.521. The van der Waals surface area contributed by atoms with Gasteiger partial charge < -0.3 is 4.55 Å². The van der Waals surface area contributed by atoms with Gasteiger partial charge in [0, 0.05) is 5.75 Å². The number of rotatable bonds is 3. The molecule has 0 radical (unpaired) electrons. The first-order valence-corrected chi connectivity index (χ1v) is 4.79. The first kappa shape index (κ1) is 8.98. The highest BCUT2D eigenvalue weighted by atomic mass is 32.2. The molecule has 0 aliphatic heterocycles. The average Bonchev–Trinajstić information content (AvgIpc) is 1.59. The van der Waals surface area contributed by atoms with Crippen molar-refractivity contribution in [1.29, 1.82) is 0 Å². The normalized spacial score (nSPS) is 17.8. The van der Waals surface area contributed by atoms with Gasteiger partial charge in [-0.2, -0.15) is 0 Å². The molecule has 0 saturated heterocycles. The van der Waals surface area contributed by atoms with Crippen LogP contribution in [0.25, 0.3) is 0 Å². The minimum atomic E-state index is -2.97. The Kier molecular flexibility index (Phi) is 3.22. The minimum Gasteiger partial charge on any atom is -0.778 e. The Morgan fingerprint density at radius 2 is 2.11 bits per heavy atom. The van der Waals surface area contributed by atoms with Gasteiger partial charge in [0.25, 0.3) is 0 Å². The summed E-state index contributed by atoms with van der Waals surface area (Å²) in [7, 11) is -2.97. The molecule has 0 spiro atoms. The zero-order valence-electron chi connectivity index (χ0n) is 5.92. The molecule has 1 unspecified atom stereocenters. The molecule has 0 N–H and O–H groups in total. The van der Waals surface area contributed by atoms with E-state index in [0.29, 0.717) is 12.3 Å². The Morgan fingerprint density at radius 1 is 1.67 bits per heavy atom. The SMILES string of the molecule is C=S(=O)([O-])CCC(C)C. The van der Waals surface area contributed by atoms with E-state index in [1.165, 1.54) is 0 Å². The maximum Gasteiger partial charge on any atom is 0.00377 e. The van der Waals surface area contributed by atoms with Gasteiger partial charge in [-0.1, -0.05) is 29.5 Å². The summed E-state index contributed by atoms with van der Waals surface area (Å²) >= 11 is 0. The summed E-state index contributed by atoms with van der Waals surface area (Å²) in [5, 5.41) is 0. The lowest BCUT2D eigenvalue weighted by Gasteiger charge is -2.13. The molecular weight excluding hydrogens is 136 g/mol. The topological polar surface area (TPSA) is 40.1 Å². The maximum absolute atomic E-state index is 10.4. The van der Waals surface area contributed by atoms with Gasteiger partial charge in [0.2, 0.25) is 0 Å². The van der Waals surface area contributed by atoms with Gasteiger partial charge in [0.15, 0.2) is 0 Å². The van der Waals surface area contributed by atoms with Crippen molar-refractivity contribution in [3.63, 3.8) is 0 Å². The Morgan fingerprint density at radius 3 is 2.22 bits per heavy atom. The molecule has 0 rings (SSSR count). The highest BCUT2D eigenvalue weighted by Crippen LogP contribution is 2.00. The molecule has 0 saturated carbocycles. The van der Waals surface area contributed by atoms with Crippen LogP contribution in [0.1, 0.15) is 20.3 Å². The fourth-order valence-corrected chi connectivity index (χ4v) is 1.25. The van der Waals surface area contributed by atoms with Gasteiger partial charge in [0.1, 0.15) is 0 Å². The fraction of sp³-hybridized carbons (Fsp3) is 0.833. The highest BCUT2D eigenvalue weighted by molar-refractivity contribution is 7.94. The molecule has 0 aromatic carbocycles. The lowest BCUT2D eigenvalue weighted by atomic mass is 10.2. The van der Waals surface area contributed by atoms with Crippen molar-refractivity contribution in [2.24, 2.45) is 5.92 Å². The van der Waals surface area contributed by atoms with Gasteiger partial charge >= 0.3 is 0 Å². The van der Waals surface area contributed by atoms with E-state index in [4.69, 9.17) is 0 Å². The Bertz CT molecular complexity index is 156. The summed E-state index contributed by atoms with van der Waals surface area (Å²) < 4.78 is 20.8. The summed E-state index contributed by atoms with van der Waals surface area (Å²) in [5.41, 5.74) is 0. The summed E-state index contributed by atoms with van der Waals surface area (Å²) in [6.07, 6.45) is 0.714. The van der Waals surface area contributed by atoms with Gasteiger partial charge in [-0.3, -0.25) is 4.21 Å². The molecule has 0 aromatic rings. The van der Waals surface area contributed by atoms with E-state index in [1.807, 2.05) is 13.8 Å². The fourth-order valence-electron chi connectivity index (χ4n) is 0.415. The molecule has 0 aromatic heterocycles. The summed E-state index contributed by atoms with van der Waals surface area (Å²) in [4.78, 5) is 0. The van der Waals surface area contributed by atoms with E-state index in [-0.39, 0.29) is 5.75 Å². The molecule has 0 fully saturated rings. The zero-order chi connectivity index (χ0) is 7.49. The van der Waals surface area contributed by atoms with Crippen LogP contribution >= 0.6 is 0 Å². The number of hydrogen-bond donors (Lipinski definition) is 0. The monoisotopic (exact) mass is 149 g/mol. The largest absolute Gasteiger partial charge is 0.778 e. The predicted molar refractivity (Wildman–Crippen MR) is 40.4 cm³/mol. The zero-order valence-corrected chi connectivity index (χ0v) is 6.74. The quantitative estimate of drug-likeness (QED) is 0.559. The van der Waals surface area contributed by atoms with Crippen LogP contribution in [0, 0.1) is 5.92 Å². The second-order valence-electron chi connectivity index (χ2n) is 2.63. The summed E-state index contributed by atoms with van der Waals surface area (Å²) in [6.45, 7) is 3.98. The van der Waals surface area contributed by atoms with Gasteiger partial charge in [-0.05, 0) is 12.3 Å². The molecule has 0 aliphatic carbocycles. The van der Waals surface area contributed by atoms with E-state index in [0.717, 1.165) is 0 Å². The first-order valence-electron chi connectivity index (χ1n) is 2.97. The van der Waals surface area contributed by atoms with E-state index >= 15 is 0 Å². The van der Waals surface area contributed by atoms with Gasteiger partial charge in [-0.15, -0.1) is 0 Å². The van der Waals surface area contributed by atoms with Crippen LogP contribution in [-0.2, 0) is 9.80 Å². The Labute approximate surface area is 57.1 Å². The van der Waals surface area contributed by atoms with E-state index in [9.17, 15) is 8.76 Å². The minimum absolute atomic E-state index is 0.213. The molecule has 0 aliphatic rings. The van der Waals surface area contributed by atoms with Crippen LogP contribution in [0.5, 0.6) is 0 Å². The average molecular weight is 149 g/mol. The lowest BCUT2D eigenvalue weighted by Crippen LogP contribution is -2.06. The molecule has 2 nitrogen and oxygen atoms in total. The molecule has 0 heterocycles. The third kappa shape index (κ3) is 7.98. The molecule has 9 heavy (non-hydrogen) atoms. The molecule has 0 amide bonds. The molecule has 3 heteroatoms. The second kappa shape index (κ2) is 3.22. The molecule has 1 atom stereocenters. The van der Waals surface area contributed by atoms with Crippen LogP contribution in [0.15, 0.2) is 0 Å². The van der Waals surface area contributed by atoms with Gasteiger partial charge in [-0.25, -0.2) is 0 Å². The van der Waals surface area contributed by atoms with E-state index in [1.54, 1.807) is 0 Å². The standard InChI is InChI=1S/C6H14O2S/c1-6(2)4-5-9(3,7)8/h6H,3-5H2,1-2H3,(H,7,8)/p-1. The van der Waals surface area contributed by atoms with Crippen LogP contribution < -0.4 is 0 Å². The van der Waals surface area contributed by atoms with Crippen molar-refractivity contribution in [2.45, 2.75) is 20.3 Å². The number of hydrogen-bond acceptors (Lipinski definition) is 2. The van der Waals surface area contributed by atoms with Crippen molar-refractivity contribution < 1.29 is 8.76 Å². The first-order chi connectivity index (χ1) is 3.92. The molecule has 0 bridgehead atoms. The Balaban J connectivity index is 3.53. The van der Waals surface area contributed by atoms with Crippen molar-refractivity contribution >= 4 is 15.7 Å². The van der Waals surface area contributed by atoms with Crippen molar-refractivity contribution in [3.05, 3.63) is 0 Å². The Hall–Kier alpha value is -0.0200. The van der Waals surface area contributed by atoms with Crippen LogP contribution in [0.2, 0.25) is 0 Å². The highest BCUT2D eigenvalue weighted by Gasteiger charge is 1.93. The van der Waals surface area contributed by atoms with Crippen LogP contribution in [0.3, 0.4) is 0 Å². The van der Waals surface area contributed by atoms with E-state index < -0.39 is 9.80 Å². The van der Waals surface area contributed by atoms with Gasteiger partial charge in [0.05, 0.1) is 0 Å². The third-order valence-corrected chi connectivity index (χ3v) is 1.86. The second-order valence-corrected chi connectivity index (χ2v) is 4.53. The van der Waals surface area contributed by atoms with Crippen molar-refractivity contribution in [2.75, 3.05) is 5.75 Å². The molecule has 56 valence electrons. The smallest absolute Gasteiger partial charge is 0.00377 e. The van der Waals surface area contributed by atoms with Crippen LogP contribution in [-0.4, -0.2) is 20.4 Å². The van der Waals surface area contributed by atoms with Crippen molar-refractivity contribution in [3.8, 4) is 0 Å². The van der Waals surface area contributed by atoms with Crippen molar-refractivity contribution in [1.82, 2.24) is 0 Å². The van der Waals surface area contributed by atoms with E-state index in [2.05, 4.69) is 5.87 Å². The van der Waals surface area contributed by atoms with Crippen LogP contribution in [0.4, 0.5) is 0 Å². The third-order valence-electron chi connectivity index (χ3n) is 1.01. The summed E-state index contributed by atoms with van der Waals surface area (Å²) in [5.74, 6) is 3.67. The molecular formula is C6H13O2S-. The summed E-state index contributed by atoms with van der Waals surface area (Å²) in [6, 6.07) is 0. The predicted octanol–water partition coefficient (Wildman–Crippen LogP) is 0.879. The maximum atomic E-state index is 10.4.